The van der Waals surface area contributed by atoms with Gasteiger partial charge in [0.1, 0.15) is 29.8 Å². The van der Waals surface area contributed by atoms with Crippen LogP contribution in [-0.4, -0.2) is 113 Å². The summed E-state index contributed by atoms with van der Waals surface area (Å²) in [4.78, 5) is 77.4. The summed E-state index contributed by atoms with van der Waals surface area (Å²) in [5.74, 6) is -2.07. The van der Waals surface area contributed by atoms with Gasteiger partial charge in [0.15, 0.2) is 0 Å². The SMILES string of the molecule is C=CC(=O)Nc1cc2c(Nc3ccc(F)c(Cl)c3)ncnc2cc1OCCCN1CCN(CCCCCNc2cccc3c2C(=O)N(C2CCC(=O)NC2=O)C3=O)CC1. The number of nitrogens with one attached hydrogen (secondary N) is 4. The fourth-order valence-electron chi connectivity index (χ4n) is 7.52. The van der Waals surface area contributed by atoms with Gasteiger partial charge in [0.2, 0.25) is 17.7 Å². The average molecular weight is 826 g/mol. The molecule has 3 aromatic carbocycles. The van der Waals surface area contributed by atoms with Crippen molar-refractivity contribution in [3.63, 3.8) is 0 Å². The number of nitrogens with zero attached hydrogens (tertiary/aromatic N) is 5. The molecule has 2 saturated heterocycles. The Labute approximate surface area is 345 Å². The second kappa shape index (κ2) is 18.7. The van der Waals surface area contributed by atoms with E-state index in [0.29, 0.717) is 52.7 Å². The summed E-state index contributed by atoms with van der Waals surface area (Å²) in [6.45, 7) is 10.3. The minimum Gasteiger partial charge on any atom is -0.491 e. The number of hydrogen-bond donors (Lipinski definition) is 4. The summed E-state index contributed by atoms with van der Waals surface area (Å²) >= 11 is 5.97. The fourth-order valence-corrected chi connectivity index (χ4v) is 7.70. The highest BCUT2D eigenvalue weighted by atomic mass is 35.5. The van der Waals surface area contributed by atoms with Crippen LogP contribution in [0.15, 0.2) is 67.5 Å². The van der Waals surface area contributed by atoms with Gasteiger partial charge in [-0.1, -0.05) is 30.7 Å². The maximum absolute atomic E-state index is 13.7. The van der Waals surface area contributed by atoms with Crippen molar-refractivity contribution in [3.05, 3.63) is 89.5 Å². The number of piperidine rings is 1. The highest BCUT2D eigenvalue weighted by molar-refractivity contribution is 6.31. The lowest BCUT2D eigenvalue weighted by molar-refractivity contribution is -0.136. The number of carbonyl (C=O) groups excluding carboxylic acids is 5. The van der Waals surface area contributed by atoms with Gasteiger partial charge in [0.25, 0.3) is 11.8 Å². The van der Waals surface area contributed by atoms with E-state index in [-0.39, 0.29) is 29.0 Å². The van der Waals surface area contributed by atoms with E-state index < -0.39 is 41.4 Å². The quantitative estimate of drug-likeness (QED) is 0.0610. The molecule has 15 nitrogen and oxygen atoms in total. The van der Waals surface area contributed by atoms with Crippen LogP contribution in [-0.2, 0) is 14.4 Å². The van der Waals surface area contributed by atoms with Crippen LogP contribution in [0.1, 0.15) is 59.2 Å². The Morgan fingerprint density at radius 3 is 2.47 bits per heavy atom. The van der Waals surface area contributed by atoms with E-state index in [9.17, 15) is 28.4 Å². The van der Waals surface area contributed by atoms with Gasteiger partial charge in [-0.25, -0.2) is 14.4 Å². The Balaban J connectivity index is 0.824. The van der Waals surface area contributed by atoms with E-state index in [1.807, 2.05) is 0 Å². The van der Waals surface area contributed by atoms with Crippen LogP contribution in [0.4, 0.5) is 27.3 Å². The van der Waals surface area contributed by atoms with Gasteiger partial charge in [-0.05, 0) is 74.7 Å². The van der Waals surface area contributed by atoms with E-state index in [1.165, 1.54) is 24.5 Å². The number of unbranched alkanes of at least 4 members (excludes halogenated alkanes) is 2. The van der Waals surface area contributed by atoms with Crippen LogP contribution in [0.3, 0.4) is 0 Å². The van der Waals surface area contributed by atoms with Crippen LogP contribution in [0.25, 0.3) is 10.9 Å². The Morgan fingerprint density at radius 1 is 0.949 bits per heavy atom. The van der Waals surface area contributed by atoms with Crippen molar-refractivity contribution < 1.29 is 33.1 Å². The minimum absolute atomic E-state index is 0.0262. The first kappa shape index (κ1) is 41.2. The van der Waals surface area contributed by atoms with Crippen molar-refractivity contribution in [1.82, 2.24) is 30.0 Å². The van der Waals surface area contributed by atoms with Crippen LogP contribution in [0.5, 0.6) is 5.75 Å². The molecule has 0 aliphatic carbocycles. The molecule has 4 heterocycles. The largest absolute Gasteiger partial charge is 0.491 e. The van der Waals surface area contributed by atoms with E-state index >= 15 is 0 Å². The maximum atomic E-state index is 13.7. The molecule has 0 spiro atoms. The Kier molecular flexibility index (Phi) is 13.1. The number of hydrogen-bond acceptors (Lipinski definition) is 12. The Morgan fingerprint density at radius 2 is 1.73 bits per heavy atom. The number of ether oxygens (including phenoxy) is 1. The summed E-state index contributed by atoms with van der Waals surface area (Å²) in [7, 11) is 0. The number of piperazine rings is 1. The average Bonchev–Trinajstić information content (AvgIpc) is 3.48. The van der Waals surface area contributed by atoms with Crippen LogP contribution in [0.2, 0.25) is 5.02 Å². The number of aromatic nitrogens is 2. The first-order chi connectivity index (χ1) is 28.6. The lowest BCUT2D eigenvalue weighted by Gasteiger charge is -2.34. The third kappa shape index (κ3) is 9.67. The third-order valence-electron chi connectivity index (χ3n) is 10.6. The monoisotopic (exact) mass is 825 g/mol. The minimum atomic E-state index is -0.994. The van der Waals surface area contributed by atoms with Crippen LogP contribution >= 0.6 is 11.6 Å². The molecule has 1 unspecified atom stereocenters. The number of rotatable bonds is 17. The molecule has 5 amide bonds. The third-order valence-corrected chi connectivity index (χ3v) is 10.9. The summed E-state index contributed by atoms with van der Waals surface area (Å²) in [5.41, 5.74) is 2.67. The Hall–Kier alpha value is -5.97. The Bertz CT molecular complexity index is 2280. The molecule has 59 heavy (non-hydrogen) atoms. The van der Waals surface area contributed by atoms with Gasteiger partial charge >= 0.3 is 0 Å². The number of anilines is 4. The van der Waals surface area contributed by atoms with E-state index in [4.69, 9.17) is 16.3 Å². The highest BCUT2D eigenvalue weighted by Gasteiger charge is 2.45. The smallest absolute Gasteiger partial charge is 0.264 e. The molecule has 0 bridgehead atoms. The highest BCUT2D eigenvalue weighted by Crippen LogP contribution is 2.35. The zero-order valence-electron chi connectivity index (χ0n) is 32.4. The molecule has 2 fully saturated rings. The summed E-state index contributed by atoms with van der Waals surface area (Å²) in [5, 5.41) is 12.1. The first-order valence-corrected chi connectivity index (χ1v) is 20.1. The lowest BCUT2D eigenvalue weighted by Crippen LogP contribution is -2.54. The van der Waals surface area contributed by atoms with Crippen molar-refractivity contribution in [2.24, 2.45) is 0 Å². The van der Waals surface area contributed by atoms with Gasteiger partial charge in [-0.2, -0.15) is 0 Å². The van der Waals surface area contributed by atoms with Gasteiger partial charge in [0.05, 0.1) is 34.0 Å². The van der Waals surface area contributed by atoms with E-state index in [1.54, 1.807) is 36.4 Å². The summed E-state index contributed by atoms with van der Waals surface area (Å²) < 4.78 is 19.9. The molecular weight excluding hydrogens is 781 g/mol. The van der Waals surface area contributed by atoms with E-state index in [0.717, 1.165) is 69.9 Å². The van der Waals surface area contributed by atoms with Crippen LogP contribution < -0.4 is 26.0 Å². The molecule has 4 aromatic rings. The molecule has 1 atom stereocenters. The van der Waals surface area contributed by atoms with E-state index in [2.05, 4.69) is 47.6 Å². The summed E-state index contributed by atoms with van der Waals surface area (Å²) in [6.07, 6.45) is 6.47. The van der Waals surface area contributed by atoms with Crippen molar-refractivity contribution in [1.29, 1.82) is 0 Å². The molecule has 0 saturated carbocycles. The van der Waals surface area contributed by atoms with Crippen molar-refractivity contribution in [3.8, 4) is 5.75 Å². The molecule has 0 radical (unpaired) electrons. The predicted octanol–water partition coefficient (Wildman–Crippen LogP) is 5.36. The number of fused-ring (bicyclic) bond motifs is 2. The van der Waals surface area contributed by atoms with Crippen molar-refractivity contribution >= 4 is 74.9 Å². The lowest BCUT2D eigenvalue weighted by atomic mass is 10.0. The topological polar surface area (TPSA) is 178 Å². The molecule has 4 N–H and O–H groups in total. The maximum Gasteiger partial charge on any atom is 0.264 e. The molecule has 1 aromatic heterocycles. The van der Waals surface area contributed by atoms with Crippen LogP contribution in [0, 0.1) is 5.82 Å². The zero-order valence-corrected chi connectivity index (χ0v) is 33.2. The predicted molar refractivity (Wildman–Crippen MR) is 222 cm³/mol. The first-order valence-electron chi connectivity index (χ1n) is 19.7. The number of imide groups is 2. The summed E-state index contributed by atoms with van der Waals surface area (Å²) in [6, 6.07) is 11.9. The zero-order chi connectivity index (χ0) is 41.5. The van der Waals surface area contributed by atoms with Gasteiger partial charge in [-0.15, -0.1) is 0 Å². The molecule has 3 aliphatic heterocycles. The molecule has 3 aliphatic rings. The van der Waals surface area contributed by atoms with Crippen molar-refractivity contribution in [2.45, 2.75) is 44.6 Å². The second-order valence-electron chi connectivity index (χ2n) is 14.6. The normalized spacial score (nSPS) is 17.2. The molecule has 17 heteroatoms. The molecule has 308 valence electrons. The fraction of sp³-hybridized carbons (Fsp3) is 0.357. The number of halogens is 2. The number of amides is 5. The number of carbonyl (C=O) groups is 5. The standard InChI is InChI=1S/C42H45ClFN9O6/c1-2-36(54)49-33-23-28-32(46-25-47-39(28)48-26-10-11-30(44)29(43)22-26)24-35(33)59-21-7-16-52-19-17-51(18-20-52)15-5-3-4-14-45-31-9-6-8-27-38(31)42(58)53(41(27)57)34-12-13-37(55)50-40(34)56/h2,6,8-11,22-25,34,45H,1,3-5,7,12-21H2,(H,49,54)(H,46,47,48)(H,50,55,56). The van der Waals surface area contributed by atoms with Gasteiger partial charge < -0.3 is 30.5 Å². The van der Waals surface area contributed by atoms with Crippen molar-refractivity contribution in [2.75, 3.05) is 68.4 Å². The molecular formula is C42H45ClFN9O6. The van der Waals surface area contributed by atoms with Gasteiger partial charge in [-0.3, -0.25) is 34.2 Å². The second-order valence-corrected chi connectivity index (χ2v) is 15.0. The van der Waals surface area contributed by atoms with Gasteiger partial charge in [0, 0.05) is 68.5 Å². The molecule has 7 rings (SSSR count). The number of benzene rings is 3.